The molecule has 0 aromatic carbocycles. The van der Waals surface area contributed by atoms with Gasteiger partial charge in [0.25, 0.3) is 0 Å². The van der Waals surface area contributed by atoms with Crippen molar-refractivity contribution in [2.75, 3.05) is 24.6 Å². The van der Waals surface area contributed by atoms with Crippen LogP contribution in [-0.4, -0.2) is 33.0 Å². The van der Waals surface area contributed by atoms with Crippen LogP contribution in [-0.2, 0) is 9.84 Å². The molecule has 16 heavy (non-hydrogen) atoms. The first-order valence-corrected chi connectivity index (χ1v) is 7.90. The molecular formula is C12H25NO2S. The number of nitrogens with one attached hydrogen (secondary N) is 1. The van der Waals surface area contributed by atoms with Crippen molar-refractivity contribution < 1.29 is 8.42 Å². The Kier molecular flexibility index (Phi) is 8.57. The maximum atomic E-state index is 11.3. The SMILES string of the molecule is CCNCCC=C(C)CCCS(=O)(=O)CC. The lowest BCUT2D eigenvalue weighted by Gasteiger charge is -2.03. The second kappa shape index (κ2) is 8.76. The first-order valence-electron chi connectivity index (χ1n) is 6.08. The van der Waals surface area contributed by atoms with Gasteiger partial charge >= 0.3 is 0 Å². The molecule has 4 heteroatoms. The van der Waals surface area contributed by atoms with Gasteiger partial charge in [-0.15, -0.1) is 0 Å². The molecule has 0 unspecified atom stereocenters. The lowest BCUT2D eigenvalue weighted by molar-refractivity contribution is 0.594. The summed E-state index contributed by atoms with van der Waals surface area (Å²) in [5, 5.41) is 3.25. The van der Waals surface area contributed by atoms with Gasteiger partial charge < -0.3 is 5.32 Å². The Morgan fingerprint density at radius 2 is 2.00 bits per heavy atom. The van der Waals surface area contributed by atoms with Gasteiger partial charge in [-0.1, -0.05) is 25.5 Å². The van der Waals surface area contributed by atoms with E-state index in [-0.39, 0.29) is 5.75 Å². The summed E-state index contributed by atoms with van der Waals surface area (Å²) in [6, 6.07) is 0. The quantitative estimate of drug-likeness (QED) is 0.501. The Morgan fingerprint density at radius 3 is 2.56 bits per heavy atom. The molecule has 0 bridgehead atoms. The Labute approximate surface area is 100 Å². The van der Waals surface area contributed by atoms with Crippen LogP contribution in [0.5, 0.6) is 0 Å². The highest BCUT2D eigenvalue weighted by molar-refractivity contribution is 7.91. The highest BCUT2D eigenvalue weighted by atomic mass is 32.2. The van der Waals surface area contributed by atoms with Crippen molar-refractivity contribution in [2.45, 2.75) is 40.0 Å². The summed E-state index contributed by atoms with van der Waals surface area (Å²) < 4.78 is 22.5. The van der Waals surface area contributed by atoms with Gasteiger partial charge in [0.1, 0.15) is 9.84 Å². The van der Waals surface area contributed by atoms with Crippen LogP contribution in [0.4, 0.5) is 0 Å². The molecule has 0 fully saturated rings. The van der Waals surface area contributed by atoms with Crippen molar-refractivity contribution in [2.24, 2.45) is 0 Å². The molecule has 0 aliphatic rings. The minimum absolute atomic E-state index is 0.260. The van der Waals surface area contributed by atoms with Gasteiger partial charge in [-0.05, 0) is 39.3 Å². The van der Waals surface area contributed by atoms with Gasteiger partial charge in [0.15, 0.2) is 0 Å². The zero-order valence-electron chi connectivity index (χ0n) is 10.8. The Hall–Kier alpha value is -0.350. The van der Waals surface area contributed by atoms with Crippen LogP contribution in [0.3, 0.4) is 0 Å². The summed E-state index contributed by atoms with van der Waals surface area (Å²) in [6.45, 7) is 7.87. The average molecular weight is 247 g/mol. The fourth-order valence-corrected chi connectivity index (χ4v) is 2.29. The van der Waals surface area contributed by atoms with Crippen LogP contribution in [0.15, 0.2) is 11.6 Å². The molecule has 0 aromatic heterocycles. The summed E-state index contributed by atoms with van der Waals surface area (Å²) >= 11 is 0. The van der Waals surface area contributed by atoms with Crippen LogP contribution in [0.1, 0.15) is 40.0 Å². The molecule has 0 amide bonds. The number of allylic oxidation sites excluding steroid dienone is 1. The molecular weight excluding hydrogens is 222 g/mol. The van der Waals surface area contributed by atoms with Crippen molar-refractivity contribution in [3.8, 4) is 0 Å². The first kappa shape index (κ1) is 15.7. The van der Waals surface area contributed by atoms with Gasteiger partial charge in [-0.2, -0.15) is 0 Å². The van der Waals surface area contributed by atoms with E-state index in [1.807, 2.05) is 0 Å². The molecule has 3 nitrogen and oxygen atoms in total. The molecule has 0 spiro atoms. The Morgan fingerprint density at radius 1 is 1.31 bits per heavy atom. The Balaban J connectivity index is 3.68. The van der Waals surface area contributed by atoms with Crippen LogP contribution in [0, 0.1) is 0 Å². The second-order valence-corrected chi connectivity index (χ2v) is 6.51. The minimum Gasteiger partial charge on any atom is -0.317 e. The molecule has 0 saturated heterocycles. The third-order valence-corrected chi connectivity index (χ3v) is 4.32. The molecule has 96 valence electrons. The van der Waals surface area contributed by atoms with Crippen LogP contribution >= 0.6 is 0 Å². The third kappa shape index (κ3) is 8.92. The van der Waals surface area contributed by atoms with E-state index in [1.54, 1.807) is 6.92 Å². The lowest BCUT2D eigenvalue weighted by atomic mass is 10.1. The molecule has 0 radical (unpaired) electrons. The van der Waals surface area contributed by atoms with Crippen LogP contribution in [0.25, 0.3) is 0 Å². The van der Waals surface area contributed by atoms with E-state index in [0.29, 0.717) is 5.75 Å². The molecule has 0 heterocycles. The predicted molar refractivity (Wildman–Crippen MR) is 70.5 cm³/mol. The average Bonchev–Trinajstić information content (AvgIpc) is 2.24. The van der Waals surface area contributed by atoms with Gasteiger partial charge in [-0.25, -0.2) is 8.42 Å². The van der Waals surface area contributed by atoms with Crippen molar-refractivity contribution in [3.05, 3.63) is 11.6 Å². The normalized spacial score (nSPS) is 13.1. The standard InChI is InChI=1S/C12H25NO2S/c1-4-13-10-6-8-12(3)9-7-11-16(14,15)5-2/h8,13H,4-7,9-11H2,1-3H3. The number of hydrogen-bond donors (Lipinski definition) is 1. The fraction of sp³-hybridized carbons (Fsp3) is 0.833. The van der Waals surface area contributed by atoms with E-state index in [0.717, 1.165) is 32.4 Å². The second-order valence-electron chi connectivity index (χ2n) is 4.03. The number of hydrogen-bond acceptors (Lipinski definition) is 3. The van der Waals surface area contributed by atoms with E-state index < -0.39 is 9.84 Å². The maximum absolute atomic E-state index is 11.3. The van der Waals surface area contributed by atoms with E-state index >= 15 is 0 Å². The summed E-state index contributed by atoms with van der Waals surface area (Å²) in [7, 11) is -2.78. The highest BCUT2D eigenvalue weighted by Crippen LogP contribution is 2.07. The summed E-state index contributed by atoms with van der Waals surface area (Å²) in [6.07, 6.45) is 4.87. The summed E-state index contributed by atoms with van der Waals surface area (Å²) in [4.78, 5) is 0. The van der Waals surface area contributed by atoms with Gasteiger partial charge in [-0.3, -0.25) is 0 Å². The molecule has 0 rings (SSSR count). The summed E-state index contributed by atoms with van der Waals surface area (Å²) in [5.41, 5.74) is 1.30. The first-order chi connectivity index (χ1) is 7.52. The van der Waals surface area contributed by atoms with Crippen molar-refractivity contribution >= 4 is 9.84 Å². The molecule has 0 aromatic rings. The maximum Gasteiger partial charge on any atom is 0.150 e. The molecule has 0 saturated carbocycles. The van der Waals surface area contributed by atoms with E-state index in [2.05, 4.69) is 25.2 Å². The Bertz CT molecular complexity index is 294. The van der Waals surface area contributed by atoms with Gasteiger partial charge in [0.2, 0.25) is 0 Å². The van der Waals surface area contributed by atoms with Crippen molar-refractivity contribution in [1.29, 1.82) is 0 Å². The lowest BCUT2D eigenvalue weighted by Crippen LogP contribution is -2.13. The van der Waals surface area contributed by atoms with Gasteiger partial charge in [0.05, 0.1) is 5.75 Å². The number of sulfone groups is 1. The summed E-state index contributed by atoms with van der Waals surface area (Å²) in [5.74, 6) is 0.581. The minimum atomic E-state index is -2.78. The highest BCUT2D eigenvalue weighted by Gasteiger charge is 2.06. The van der Waals surface area contributed by atoms with Crippen molar-refractivity contribution in [1.82, 2.24) is 5.32 Å². The topological polar surface area (TPSA) is 46.2 Å². The van der Waals surface area contributed by atoms with Crippen LogP contribution in [0.2, 0.25) is 0 Å². The number of rotatable bonds is 9. The molecule has 0 atom stereocenters. The molecule has 0 aliphatic heterocycles. The van der Waals surface area contributed by atoms with Crippen molar-refractivity contribution in [3.63, 3.8) is 0 Å². The zero-order valence-corrected chi connectivity index (χ0v) is 11.6. The van der Waals surface area contributed by atoms with Crippen LogP contribution < -0.4 is 5.32 Å². The van der Waals surface area contributed by atoms with E-state index in [4.69, 9.17) is 0 Å². The fourth-order valence-electron chi connectivity index (χ4n) is 1.41. The third-order valence-electron chi connectivity index (χ3n) is 2.53. The van der Waals surface area contributed by atoms with E-state index in [9.17, 15) is 8.42 Å². The van der Waals surface area contributed by atoms with E-state index in [1.165, 1.54) is 5.57 Å². The van der Waals surface area contributed by atoms with Gasteiger partial charge in [0, 0.05) is 5.75 Å². The predicted octanol–water partition coefficient (Wildman–Crippen LogP) is 2.15. The largest absolute Gasteiger partial charge is 0.317 e. The zero-order chi connectivity index (χ0) is 12.4. The molecule has 1 N–H and O–H groups in total. The smallest absolute Gasteiger partial charge is 0.150 e. The monoisotopic (exact) mass is 247 g/mol. The molecule has 0 aliphatic carbocycles.